The lowest BCUT2D eigenvalue weighted by Gasteiger charge is -2.28. The number of imide groups is 1. The Bertz CT molecular complexity index is 1060. The third-order valence-electron chi connectivity index (χ3n) is 5.85. The van der Waals surface area contributed by atoms with E-state index >= 15 is 0 Å². The lowest BCUT2D eigenvalue weighted by molar-refractivity contribution is -0.142. The molecule has 3 atom stereocenters. The maximum absolute atomic E-state index is 13.2. The van der Waals surface area contributed by atoms with Crippen LogP contribution in [0.5, 0.6) is 11.5 Å². The van der Waals surface area contributed by atoms with Crippen molar-refractivity contribution in [1.29, 1.82) is 0 Å². The average molecular weight is 489 g/mol. The van der Waals surface area contributed by atoms with E-state index in [4.69, 9.17) is 10.5 Å². The second-order valence-corrected chi connectivity index (χ2v) is 8.29. The number of ether oxygens (including phenoxy) is 1. The molecular weight excluding hydrogens is 462 g/mol. The summed E-state index contributed by atoms with van der Waals surface area (Å²) in [5, 5.41) is 17.0. The second kappa shape index (κ2) is 10.8. The van der Waals surface area contributed by atoms with Gasteiger partial charge >= 0.3 is 0 Å². The Kier molecular flexibility index (Phi) is 7.89. The summed E-state index contributed by atoms with van der Waals surface area (Å²) in [4.78, 5) is 75.1. The van der Waals surface area contributed by atoms with Crippen LogP contribution in [0, 0.1) is 0 Å². The smallest absolute Gasteiger partial charge is 0.258 e. The molecule has 0 radical (unpaired) electrons. The number of rotatable bonds is 8. The van der Waals surface area contributed by atoms with Gasteiger partial charge in [0.1, 0.15) is 18.1 Å². The summed E-state index contributed by atoms with van der Waals surface area (Å²) in [7, 11) is 1.35. The first-order valence-corrected chi connectivity index (χ1v) is 11.0. The largest absolute Gasteiger partial charge is 0.504 e. The summed E-state index contributed by atoms with van der Waals surface area (Å²) in [6, 6.07) is 0.682. The maximum Gasteiger partial charge on any atom is 0.258 e. The van der Waals surface area contributed by atoms with Gasteiger partial charge in [0.15, 0.2) is 11.5 Å². The zero-order chi connectivity index (χ0) is 25.7. The van der Waals surface area contributed by atoms with E-state index in [1.54, 1.807) is 0 Å². The standard InChI is InChI=1S/C22H27N5O8/c1-35-16-6-4-11(9-15(16)28)19(31)26-21(33)14-3-2-8-27(14)22(34)13(10-17(23)29)25-20(32)12-5-7-18(30)24-12/h4,6,9,12-14,28H,2-3,5,7-8,10H2,1H3,(H2,23,29)(H,24,30)(H,25,32)(H,26,31,33)/t12-,13-,14-/m0/s1. The Morgan fingerprint density at radius 1 is 1.23 bits per heavy atom. The summed E-state index contributed by atoms with van der Waals surface area (Å²) >= 11 is 0. The van der Waals surface area contributed by atoms with Crippen molar-refractivity contribution in [2.24, 2.45) is 5.73 Å². The van der Waals surface area contributed by atoms with Gasteiger partial charge in [-0.3, -0.25) is 34.1 Å². The summed E-state index contributed by atoms with van der Waals surface area (Å²) in [5.74, 6) is -4.13. The van der Waals surface area contributed by atoms with E-state index in [0.717, 1.165) is 6.07 Å². The van der Waals surface area contributed by atoms with E-state index in [1.165, 1.54) is 24.1 Å². The molecule has 188 valence electrons. The zero-order valence-electron chi connectivity index (χ0n) is 19.0. The van der Waals surface area contributed by atoms with Crippen molar-refractivity contribution in [1.82, 2.24) is 20.9 Å². The first-order chi connectivity index (χ1) is 16.6. The maximum atomic E-state index is 13.2. The molecule has 0 bridgehead atoms. The van der Waals surface area contributed by atoms with Crippen LogP contribution in [0.15, 0.2) is 18.2 Å². The molecule has 0 aromatic heterocycles. The first kappa shape index (κ1) is 25.5. The van der Waals surface area contributed by atoms with Crippen molar-refractivity contribution in [2.45, 2.75) is 50.2 Å². The molecule has 13 nitrogen and oxygen atoms in total. The number of primary amides is 1. The van der Waals surface area contributed by atoms with E-state index in [-0.39, 0.29) is 48.8 Å². The molecule has 3 rings (SSSR count). The monoisotopic (exact) mass is 489 g/mol. The lowest BCUT2D eigenvalue weighted by atomic mass is 10.1. The van der Waals surface area contributed by atoms with Crippen molar-refractivity contribution in [3.05, 3.63) is 23.8 Å². The number of nitrogens with two attached hydrogens (primary N) is 1. The van der Waals surface area contributed by atoms with Gasteiger partial charge in [0.05, 0.1) is 13.5 Å². The molecule has 0 aliphatic carbocycles. The van der Waals surface area contributed by atoms with Crippen molar-refractivity contribution in [3.8, 4) is 11.5 Å². The number of hydrogen-bond donors (Lipinski definition) is 5. The number of hydrogen-bond acceptors (Lipinski definition) is 8. The molecule has 0 unspecified atom stereocenters. The Balaban J connectivity index is 1.69. The number of benzene rings is 1. The van der Waals surface area contributed by atoms with Crippen LogP contribution in [0.2, 0.25) is 0 Å². The van der Waals surface area contributed by atoms with Crippen molar-refractivity contribution in [3.63, 3.8) is 0 Å². The van der Waals surface area contributed by atoms with E-state index in [0.29, 0.717) is 6.42 Å². The van der Waals surface area contributed by atoms with Crippen LogP contribution in [0.4, 0.5) is 0 Å². The highest BCUT2D eigenvalue weighted by atomic mass is 16.5. The van der Waals surface area contributed by atoms with Crippen LogP contribution >= 0.6 is 0 Å². The molecule has 2 aliphatic rings. The molecule has 2 heterocycles. The zero-order valence-corrected chi connectivity index (χ0v) is 19.0. The molecule has 35 heavy (non-hydrogen) atoms. The Hall–Kier alpha value is -4.16. The number of nitrogens with zero attached hydrogens (tertiary/aromatic N) is 1. The molecule has 13 heteroatoms. The highest BCUT2D eigenvalue weighted by Gasteiger charge is 2.39. The molecule has 6 N–H and O–H groups in total. The van der Waals surface area contributed by atoms with Gasteiger partial charge in [0.25, 0.3) is 5.91 Å². The minimum atomic E-state index is -1.33. The lowest BCUT2D eigenvalue weighted by Crippen LogP contribution is -2.56. The number of amides is 6. The van der Waals surface area contributed by atoms with E-state index in [1.807, 2.05) is 0 Å². The highest BCUT2D eigenvalue weighted by molar-refractivity contribution is 6.07. The number of methoxy groups -OCH3 is 1. The second-order valence-electron chi connectivity index (χ2n) is 8.29. The third-order valence-corrected chi connectivity index (χ3v) is 5.85. The van der Waals surface area contributed by atoms with Crippen molar-refractivity contribution >= 4 is 35.4 Å². The third kappa shape index (κ3) is 6.05. The van der Waals surface area contributed by atoms with Gasteiger partial charge in [-0.1, -0.05) is 0 Å². The minimum absolute atomic E-state index is 0.00463. The molecule has 0 saturated carbocycles. The molecule has 0 spiro atoms. The summed E-state index contributed by atoms with van der Waals surface area (Å²) < 4.78 is 4.92. The van der Waals surface area contributed by atoms with Crippen LogP contribution in [0.25, 0.3) is 0 Å². The minimum Gasteiger partial charge on any atom is -0.504 e. The number of carbonyl (C=O) groups excluding carboxylic acids is 6. The van der Waals surface area contributed by atoms with Crippen molar-refractivity contribution in [2.75, 3.05) is 13.7 Å². The van der Waals surface area contributed by atoms with Crippen LogP contribution in [0.3, 0.4) is 0 Å². The number of nitrogens with one attached hydrogen (secondary N) is 3. The number of phenolic OH excluding ortho intramolecular Hbond substituents is 1. The molecule has 2 fully saturated rings. The van der Waals surface area contributed by atoms with E-state index in [9.17, 15) is 33.9 Å². The molecule has 1 aromatic rings. The van der Waals surface area contributed by atoms with Gasteiger partial charge in [-0.15, -0.1) is 0 Å². The van der Waals surface area contributed by atoms with Crippen molar-refractivity contribution < 1.29 is 38.6 Å². The van der Waals surface area contributed by atoms with E-state index < -0.39 is 54.1 Å². The van der Waals surface area contributed by atoms with Crippen LogP contribution in [0.1, 0.15) is 42.5 Å². The van der Waals surface area contributed by atoms with Gasteiger partial charge in [-0.05, 0) is 37.5 Å². The average Bonchev–Trinajstić information content (AvgIpc) is 3.47. The number of aromatic hydroxyl groups is 1. The molecule has 2 saturated heterocycles. The molecule has 1 aromatic carbocycles. The summed E-state index contributed by atoms with van der Waals surface area (Å²) in [6.07, 6.45) is 0.632. The predicted molar refractivity (Wildman–Crippen MR) is 119 cm³/mol. The van der Waals surface area contributed by atoms with E-state index in [2.05, 4.69) is 16.0 Å². The fourth-order valence-electron chi connectivity index (χ4n) is 4.09. The number of phenols is 1. The summed E-state index contributed by atoms with van der Waals surface area (Å²) in [6.45, 7) is 0.166. The normalized spacial score (nSPS) is 20.0. The fourth-order valence-corrected chi connectivity index (χ4v) is 4.09. The van der Waals surface area contributed by atoms with Crippen LogP contribution in [-0.4, -0.2) is 77.2 Å². The number of likely N-dealkylation sites (tertiary alicyclic amines) is 1. The summed E-state index contributed by atoms with van der Waals surface area (Å²) in [5.41, 5.74) is 5.26. The molecular formula is C22H27N5O8. The van der Waals surface area contributed by atoms with Crippen LogP contribution < -0.4 is 26.4 Å². The molecule has 2 aliphatic heterocycles. The first-order valence-electron chi connectivity index (χ1n) is 11.0. The Morgan fingerprint density at radius 3 is 2.57 bits per heavy atom. The van der Waals surface area contributed by atoms with Gasteiger partial charge in [-0.25, -0.2) is 0 Å². The Labute approximate surface area is 200 Å². The van der Waals surface area contributed by atoms with Gasteiger partial charge in [0, 0.05) is 18.5 Å². The Morgan fingerprint density at radius 2 is 1.97 bits per heavy atom. The topological polar surface area (TPSA) is 197 Å². The highest BCUT2D eigenvalue weighted by Crippen LogP contribution is 2.26. The fraction of sp³-hybridized carbons (Fsp3) is 0.455. The number of carbonyl (C=O) groups is 6. The van der Waals surface area contributed by atoms with Gasteiger partial charge in [0.2, 0.25) is 29.5 Å². The quantitative estimate of drug-likeness (QED) is 0.266. The van der Waals surface area contributed by atoms with Gasteiger partial charge < -0.3 is 31.1 Å². The van der Waals surface area contributed by atoms with Crippen LogP contribution in [-0.2, 0) is 24.0 Å². The SMILES string of the molecule is COc1ccc(C(=O)NC(=O)[C@@H]2CCCN2C(=O)[C@H](CC(N)=O)NC(=O)[C@@H]2CCC(=O)N2)cc1O. The predicted octanol–water partition coefficient (Wildman–Crippen LogP) is -1.71. The van der Waals surface area contributed by atoms with Gasteiger partial charge in [-0.2, -0.15) is 0 Å². The molecule has 6 amide bonds.